The number of anilines is 2. The van der Waals surface area contributed by atoms with Gasteiger partial charge in [0.25, 0.3) is 5.91 Å². The molecule has 2 amide bonds. The van der Waals surface area contributed by atoms with Gasteiger partial charge in [-0.05, 0) is 55.7 Å². The molecule has 0 aromatic heterocycles. The second-order valence-corrected chi connectivity index (χ2v) is 13.1. The summed E-state index contributed by atoms with van der Waals surface area (Å²) >= 11 is 7.50. The van der Waals surface area contributed by atoms with Crippen molar-refractivity contribution in [2.45, 2.75) is 56.8 Å². The lowest BCUT2D eigenvalue weighted by molar-refractivity contribution is -0.274. The van der Waals surface area contributed by atoms with E-state index in [0.29, 0.717) is 51.3 Å². The number of oxime groups is 1. The SMILES string of the molecule is COc1cc(NC(C(=O)N2CC3(CCCC3)c3ccc(OC(F)(F)F)cc32)c2ccc(Cl)cc2OC)cc(/C(C)=N/OCCC(=O)NSC)c1. The normalized spacial score (nSPS) is 15.8. The number of benzene rings is 3. The van der Waals surface area contributed by atoms with Gasteiger partial charge in [0.15, 0.2) is 0 Å². The Morgan fingerprint density at radius 1 is 1.04 bits per heavy atom. The first-order valence-corrected chi connectivity index (χ1v) is 17.5. The van der Waals surface area contributed by atoms with E-state index in [1.807, 2.05) is 0 Å². The van der Waals surface area contributed by atoms with Crippen LogP contribution < -0.4 is 29.1 Å². The Balaban J connectivity index is 1.53. The van der Waals surface area contributed by atoms with E-state index >= 15 is 0 Å². The number of hydrogen-bond donors (Lipinski definition) is 2. The molecule has 0 bridgehead atoms. The third kappa shape index (κ3) is 8.52. The smallest absolute Gasteiger partial charge is 0.497 e. The Labute approximate surface area is 297 Å². The van der Waals surface area contributed by atoms with Gasteiger partial charge in [-0.25, -0.2) is 0 Å². The average Bonchev–Trinajstić information content (AvgIpc) is 3.68. The maximum Gasteiger partial charge on any atom is 0.573 e. The van der Waals surface area contributed by atoms with Crippen LogP contribution in [0.25, 0.3) is 0 Å². The van der Waals surface area contributed by atoms with Crippen molar-refractivity contribution < 1.29 is 41.8 Å². The van der Waals surface area contributed by atoms with Gasteiger partial charge in [-0.2, -0.15) is 0 Å². The first-order valence-electron chi connectivity index (χ1n) is 15.9. The molecule has 2 N–H and O–H groups in total. The van der Waals surface area contributed by atoms with Crippen molar-refractivity contribution in [2.75, 3.05) is 43.8 Å². The Hall–Kier alpha value is -4.30. The number of nitrogens with one attached hydrogen (secondary N) is 2. The highest BCUT2D eigenvalue weighted by Crippen LogP contribution is 2.52. The summed E-state index contributed by atoms with van der Waals surface area (Å²) in [6.45, 7) is 2.10. The molecule has 1 heterocycles. The van der Waals surface area contributed by atoms with Gasteiger partial charge in [-0.3, -0.25) is 9.59 Å². The first kappa shape index (κ1) is 37.0. The third-order valence-electron chi connectivity index (χ3n) is 8.81. The fourth-order valence-corrected chi connectivity index (χ4v) is 7.05. The summed E-state index contributed by atoms with van der Waals surface area (Å²) in [5.74, 6) is -0.209. The molecule has 10 nitrogen and oxygen atoms in total. The van der Waals surface area contributed by atoms with Crippen molar-refractivity contribution in [3.05, 3.63) is 76.3 Å². The second kappa shape index (κ2) is 15.7. The standard InChI is InChI=1S/C35H38ClF3N4O6S/c1-21(41-48-14-11-31(44)42-50-4)22-15-24(18-26(16-22)46-2)40-32(27-9-7-23(36)17-30(27)47-3)33(45)43-20-34(12-5-6-13-34)28-10-8-25(19-29(28)43)49-35(37,38)39/h7-10,15-19,32,40H,5-6,11-14,20H2,1-4H3,(H,42,44)/b41-21+. The highest BCUT2D eigenvalue weighted by Gasteiger charge is 2.48. The number of hydrogen-bond acceptors (Lipinski definition) is 9. The maximum atomic E-state index is 14.9. The number of alkyl halides is 3. The molecule has 1 atom stereocenters. The van der Waals surface area contributed by atoms with Crippen molar-refractivity contribution in [3.8, 4) is 17.2 Å². The summed E-state index contributed by atoms with van der Waals surface area (Å²) in [4.78, 5) is 33.5. The van der Waals surface area contributed by atoms with Gasteiger partial charge in [0.1, 0.15) is 29.9 Å². The Morgan fingerprint density at radius 2 is 1.80 bits per heavy atom. The lowest BCUT2D eigenvalue weighted by Gasteiger charge is -2.29. The van der Waals surface area contributed by atoms with Gasteiger partial charge < -0.3 is 34.0 Å². The van der Waals surface area contributed by atoms with Crippen LogP contribution in [0.5, 0.6) is 17.2 Å². The van der Waals surface area contributed by atoms with Crippen molar-refractivity contribution in [1.82, 2.24) is 4.72 Å². The van der Waals surface area contributed by atoms with Crippen molar-refractivity contribution in [3.63, 3.8) is 0 Å². The number of amides is 2. The number of carbonyl (C=O) groups excluding carboxylic acids is 2. The van der Waals surface area contributed by atoms with E-state index in [1.165, 1.54) is 38.3 Å². The van der Waals surface area contributed by atoms with Crippen LogP contribution in [0, 0.1) is 0 Å². The van der Waals surface area contributed by atoms with Crippen LogP contribution in [-0.4, -0.2) is 57.5 Å². The van der Waals surface area contributed by atoms with Gasteiger partial charge in [-0.15, -0.1) is 13.2 Å². The Kier molecular flexibility index (Phi) is 11.6. The minimum atomic E-state index is -4.90. The topological polar surface area (TPSA) is 111 Å². The number of carbonyl (C=O) groups is 2. The number of nitrogens with zero attached hydrogens (tertiary/aromatic N) is 2. The molecule has 0 saturated heterocycles. The molecule has 3 aromatic rings. The summed E-state index contributed by atoms with van der Waals surface area (Å²) in [6, 6.07) is 13.3. The van der Waals surface area contributed by atoms with E-state index in [4.69, 9.17) is 25.9 Å². The van der Waals surface area contributed by atoms with Crippen molar-refractivity contribution in [2.24, 2.45) is 5.16 Å². The monoisotopic (exact) mass is 734 g/mol. The maximum absolute atomic E-state index is 14.9. The molecule has 1 aliphatic heterocycles. The zero-order valence-corrected chi connectivity index (χ0v) is 29.6. The van der Waals surface area contributed by atoms with Crippen LogP contribution in [0.15, 0.2) is 59.8 Å². The minimum absolute atomic E-state index is 0.0697. The number of halogens is 4. The summed E-state index contributed by atoms with van der Waals surface area (Å²) in [6.07, 6.45) is 0.457. The molecule has 268 valence electrons. The number of methoxy groups -OCH3 is 2. The summed E-state index contributed by atoms with van der Waals surface area (Å²) in [5, 5.41) is 7.89. The fourth-order valence-electron chi connectivity index (χ4n) is 6.56. The molecule has 1 aliphatic carbocycles. The molecule has 15 heteroatoms. The molecule has 1 fully saturated rings. The predicted molar refractivity (Wildman–Crippen MR) is 187 cm³/mol. The summed E-state index contributed by atoms with van der Waals surface area (Å²) < 4.78 is 57.9. The van der Waals surface area contributed by atoms with Crippen molar-refractivity contribution >= 4 is 52.4 Å². The third-order valence-corrected chi connectivity index (χ3v) is 9.48. The minimum Gasteiger partial charge on any atom is -0.497 e. The van der Waals surface area contributed by atoms with Crippen LogP contribution in [0.4, 0.5) is 24.5 Å². The molecule has 0 radical (unpaired) electrons. The number of fused-ring (bicyclic) bond motifs is 2. The molecule has 50 heavy (non-hydrogen) atoms. The number of ether oxygens (including phenoxy) is 3. The van der Waals surface area contributed by atoms with Crippen LogP contribution in [0.3, 0.4) is 0 Å². The fraction of sp³-hybridized carbons (Fsp3) is 0.400. The zero-order valence-electron chi connectivity index (χ0n) is 28.0. The molecule has 1 spiro atoms. The van der Waals surface area contributed by atoms with Crippen molar-refractivity contribution in [1.29, 1.82) is 0 Å². The van der Waals surface area contributed by atoms with Gasteiger partial charge in [0, 0.05) is 52.2 Å². The lowest BCUT2D eigenvalue weighted by Crippen LogP contribution is -2.40. The second-order valence-electron chi connectivity index (χ2n) is 12.0. The molecule has 3 aromatic carbocycles. The largest absolute Gasteiger partial charge is 0.573 e. The zero-order chi connectivity index (χ0) is 36.1. The molecule has 1 saturated carbocycles. The van der Waals surface area contributed by atoms with E-state index < -0.39 is 24.1 Å². The van der Waals surface area contributed by atoms with E-state index in [0.717, 1.165) is 31.2 Å². The molecular formula is C35H38ClF3N4O6S. The first-order chi connectivity index (χ1) is 23.9. The van der Waals surface area contributed by atoms with Crippen LogP contribution in [0.1, 0.15) is 61.8 Å². The highest BCUT2D eigenvalue weighted by molar-refractivity contribution is 7.97. The average molecular weight is 735 g/mol. The molecule has 1 unspecified atom stereocenters. The molecule has 2 aliphatic rings. The highest BCUT2D eigenvalue weighted by atomic mass is 35.5. The van der Waals surface area contributed by atoms with E-state index in [-0.39, 0.29) is 24.3 Å². The predicted octanol–water partition coefficient (Wildman–Crippen LogP) is 7.79. The van der Waals surface area contributed by atoms with Gasteiger partial charge >= 0.3 is 6.36 Å². The van der Waals surface area contributed by atoms with Gasteiger partial charge in [0.05, 0.1) is 32.0 Å². The van der Waals surface area contributed by atoms with Gasteiger partial charge in [0.2, 0.25) is 5.91 Å². The van der Waals surface area contributed by atoms with E-state index in [9.17, 15) is 22.8 Å². The van der Waals surface area contributed by atoms with Crippen LogP contribution in [0.2, 0.25) is 5.02 Å². The summed E-state index contributed by atoms with van der Waals surface area (Å²) in [5.41, 5.74) is 2.84. The summed E-state index contributed by atoms with van der Waals surface area (Å²) in [7, 11) is 2.97. The molecule has 5 rings (SSSR count). The molecular weight excluding hydrogens is 697 g/mol. The van der Waals surface area contributed by atoms with Crippen LogP contribution >= 0.6 is 23.5 Å². The quantitative estimate of drug-likeness (QED) is 0.0793. The van der Waals surface area contributed by atoms with Gasteiger partial charge in [-0.1, -0.05) is 53.7 Å². The van der Waals surface area contributed by atoms with E-state index in [1.54, 1.807) is 60.5 Å². The lowest BCUT2D eigenvalue weighted by atomic mass is 9.81. The van der Waals surface area contributed by atoms with Crippen LogP contribution in [-0.2, 0) is 19.8 Å². The Bertz CT molecular complexity index is 1750. The van der Waals surface area contributed by atoms with E-state index in [2.05, 4.69) is 19.9 Å². The Morgan fingerprint density at radius 3 is 2.48 bits per heavy atom. The number of rotatable bonds is 13.